The van der Waals surface area contributed by atoms with Gasteiger partial charge in [0, 0.05) is 5.56 Å². The predicted molar refractivity (Wildman–Crippen MR) is 88.5 cm³/mol. The molecule has 1 saturated carbocycles. The number of benzene rings is 1. The first-order chi connectivity index (χ1) is 9.83. The second-order valence-electron chi connectivity index (χ2n) is 5.77. The van der Waals surface area contributed by atoms with Gasteiger partial charge in [0.25, 0.3) is 0 Å². The van der Waals surface area contributed by atoms with Crippen LogP contribution in [0, 0.1) is 5.92 Å². The molecule has 1 fully saturated rings. The van der Waals surface area contributed by atoms with Crippen LogP contribution in [0.4, 0.5) is 0 Å². The average Bonchev–Trinajstić information content (AvgIpc) is 2.53. The molecular formula is C18H26OS. The zero-order valence-electron chi connectivity index (χ0n) is 12.5. The molecule has 110 valence electrons. The maximum atomic E-state index is 12.8. The van der Waals surface area contributed by atoms with Gasteiger partial charge in [0.05, 0.1) is 5.25 Å². The summed E-state index contributed by atoms with van der Waals surface area (Å²) in [6.07, 6.45) is 8.86. The van der Waals surface area contributed by atoms with E-state index in [0.29, 0.717) is 11.7 Å². The summed E-state index contributed by atoms with van der Waals surface area (Å²) in [5.74, 6) is 2.08. The fourth-order valence-electron chi connectivity index (χ4n) is 2.98. The van der Waals surface area contributed by atoms with Crippen molar-refractivity contribution in [2.24, 2.45) is 5.92 Å². The van der Waals surface area contributed by atoms with Crippen LogP contribution in [0.5, 0.6) is 0 Å². The van der Waals surface area contributed by atoms with E-state index in [1.807, 2.05) is 42.1 Å². The van der Waals surface area contributed by atoms with Crippen molar-refractivity contribution < 1.29 is 4.79 Å². The Labute approximate surface area is 127 Å². The molecule has 1 unspecified atom stereocenters. The van der Waals surface area contributed by atoms with Gasteiger partial charge in [-0.3, -0.25) is 4.79 Å². The number of ketones is 1. The number of rotatable bonds is 7. The highest BCUT2D eigenvalue weighted by Crippen LogP contribution is 2.35. The molecule has 1 nitrogen and oxygen atoms in total. The number of hydrogen-bond donors (Lipinski definition) is 0. The zero-order chi connectivity index (χ0) is 14.2. The topological polar surface area (TPSA) is 17.1 Å². The lowest BCUT2D eigenvalue weighted by Gasteiger charge is -2.29. The number of thioether (sulfide) groups is 1. The highest BCUT2D eigenvalue weighted by atomic mass is 32.2. The van der Waals surface area contributed by atoms with Crippen LogP contribution in [0.25, 0.3) is 0 Å². The van der Waals surface area contributed by atoms with Crippen LogP contribution in [-0.2, 0) is 0 Å². The molecule has 0 saturated heterocycles. The van der Waals surface area contributed by atoms with Gasteiger partial charge in [-0.1, -0.05) is 62.9 Å². The fourth-order valence-corrected chi connectivity index (χ4v) is 4.53. The largest absolute Gasteiger partial charge is 0.293 e. The van der Waals surface area contributed by atoms with Crippen molar-refractivity contribution in [3.63, 3.8) is 0 Å². The lowest BCUT2D eigenvalue weighted by molar-refractivity contribution is 0.0959. The first-order valence-electron chi connectivity index (χ1n) is 8.03. The van der Waals surface area contributed by atoms with E-state index in [1.54, 1.807) is 0 Å². The molecule has 0 bridgehead atoms. The Balaban J connectivity index is 2.06. The third-order valence-corrected chi connectivity index (χ3v) is 5.67. The quantitative estimate of drug-likeness (QED) is 0.497. The Bertz CT molecular complexity index is 395. The lowest BCUT2D eigenvalue weighted by Crippen LogP contribution is -2.29. The first-order valence-corrected chi connectivity index (χ1v) is 9.08. The molecule has 2 rings (SSSR count). The molecule has 0 radical (unpaired) electrons. The van der Waals surface area contributed by atoms with Crippen LogP contribution in [0.2, 0.25) is 0 Å². The highest BCUT2D eigenvalue weighted by molar-refractivity contribution is 8.00. The van der Waals surface area contributed by atoms with Crippen molar-refractivity contribution >= 4 is 17.5 Å². The molecule has 1 aromatic rings. The van der Waals surface area contributed by atoms with Gasteiger partial charge in [-0.05, 0) is 30.9 Å². The summed E-state index contributed by atoms with van der Waals surface area (Å²) in [5, 5.41) is 0.184. The van der Waals surface area contributed by atoms with Gasteiger partial charge in [-0.15, -0.1) is 11.8 Å². The average molecular weight is 290 g/mol. The second kappa shape index (κ2) is 8.51. The molecule has 0 heterocycles. The van der Waals surface area contributed by atoms with Crippen molar-refractivity contribution in [3.8, 4) is 0 Å². The maximum Gasteiger partial charge on any atom is 0.176 e. The van der Waals surface area contributed by atoms with Gasteiger partial charge >= 0.3 is 0 Å². The summed E-state index contributed by atoms with van der Waals surface area (Å²) < 4.78 is 0. The zero-order valence-corrected chi connectivity index (χ0v) is 13.3. The number of hydrogen-bond acceptors (Lipinski definition) is 2. The molecule has 0 spiro atoms. The van der Waals surface area contributed by atoms with Crippen LogP contribution >= 0.6 is 11.8 Å². The minimum Gasteiger partial charge on any atom is -0.293 e. The molecule has 1 aliphatic rings. The monoisotopic (exact) mass is 290 g/mol. The van der Waals surface area contributed by atoms with E-state index >= 15 is 0 Å². The van der Waals surface area contributed by atoms with Gasteiger partial charge < -0.3 is 0 Å². The van der Waals surface area contributed by atoms with E-state index < -0.39 is 0 Å². The second-order valence-corrected chi connectivity index (χ2v) is 7.02. The van der Waals surface area contributed by atoms with Gasteiger partial charge in [-0.25, -0.2) is 0 Å². The van der Waals surface area contributed by atoms with Gasteiger partial charge in [-0.2, -0.15) is 0 Å². The van der Waals surface area contributed by atoms with E-state index in [2.05, 4.69) is 6.92 Å². The number of Topliss-reactive ketones (excluding diaryl/α,β-unsaturated/α-hetero) is 1. The van der Waals surface area contributed by atoms with E-state index in [0.717, 1.165) is 11.3 Å². The van der Waals surface area contributed by atoms with Crippen LogP contribution in [0.15, 0.2) is 30.3 Å². The molecule has 0 N–H and O–H groups in total. The summed E-state index contributed by atoms with van der Waals surface area (Å²) in [5.41, 5.74) is 0.895. The van der Waals surface area contributed by atoms with E-state index in [9.17, 15) is 4.79 Å². The molecule has 1 aromatic carbocycles. The lowest BCUT2D eigenvalue weighted by atomic mass is 9.84. The highest BCUT2D eigenvalue weighted by Gasteiger charge is 2.30. The van der Waals surface area contributed by atoms with Crippen molar-refractivity contribution in [3.05, 3.63) is 35.9 Å². The SMILES string of the molecule is CCCCSC(C(=O)c1ccccc1)C1CCCCC1. The normalized spacial score (nSPS) is 17.9. The van der Waals surface area contributed by atoms with E-state index in [1.165, 1.54) is 44.9 Å². The number of unbranched alkanes of at least 4 members (excludes halogenated alkanes) is 1. The summed E-state index contributed by atoms with van der Waals surface area (Å²) >= 11 is 1.91. The Morgan fingerprint density at radius 2 is 1.90 bits per heavy atom. The minimum absolute atomic E-state index is 0.184. The Morgan fingerprint density at radius 1 is 1.20 bits per heavy atom. The Hall–Kier alpha value is -0.760. The maximum absolute atomic E-state index is 12.8. The molecule has 0 aliphatic heterocycles. The third kappa shape index (κ3) is 4.37. The molecule has 0 amide bonds. The van der Waals surface area contributed by atoms with Crippen LogP contribution in [0.3, 0.4) is 0 Å². The summed E-state index contributed by atoms with van der Waals surface area (Å²) in [4.78, 5) is 12.8. The minimum atomic E-state index is 0.184. The van der Waals surface area contributed by atoms with Crippen molar-refractivity contribution in [1.82, 2.24) is 0 Å². The van der Waals surface area contributed by atoms with Crippen LogP contribution < -0.4 is 0 Å². The van der Waals surface area contributed by atoms with E-state index in [4.69, 9.17) is 0 Å². The van der Waals surface area contributed by atoms with Gasteiger partial charge in [0.15, 0.2) is 5.78 Å². The van der Waals surface area contributed by atoms with Gasteiger partial charge in [0.1, 0.15) is 0 Å². The smallest absolute Gasteiger partial charge is 0.176 e. The molecule has 1 atom stereocenters. The number of carbonyl (C=O) groups excluding carboxylic acids is 1. The summed E-state index contributed by atoms with van der Waals surface area (Å²) in [7, 11) is 0. The molecule has 2 heteroatoms. The van der Waals surface area contributed by atoms with Gasteiger partial charge in [0.2, 0.25) is 0 Å². The summed E-state index contributed by atoms with van der Waals surface area (Å²) in [6.45, 7) is 2.22. The predicted octanol–water partition coefficient (Wildman–Crippen LogP) is 5.35. The van der Waals surface area contributed by atoms with Crippen molar-refractivity contribution in [2.75, 3.05) is 5.75 Å². The molecule has 0 aromatic heterocycles. The molecule has 1 aliphatic carbocycles. The first kappa shape index (κ1) is 15.6. The molecular weight excluding hydrogens is 264 g/mol. The fraction of sp³-hybridized carbons (Fsp3) is 0.611. The Kier molecular flexibility index (Phi) is 6.65. The number of carbonyl (C=O) groups is 1. The van der Waals surface area contributed by atoms with Crippen LogP contribution in [-0.4, -0.2) is 16.8 Å². The Morgan fingerprint density at radius 3 is 2.55 bits per heavy atom. The standard InChI is InChI=1S/C18H26OS/c1-2-3-14-20-18(16-12-8-5-9-13-16)17(19)15-10-6-4-7-11-15/h4,6-7,10-11,16,18H,2-3,5,8-9,12-14H2,1H3. The van der Waals surface area contributed by atoms with Crippen molar-refractivity contribution in [1.29, 1.82) is 0 Å². The third-order valence-electron chi connectivity index (χ3n) is 4.19. The van der Waals surface area contributed by atoms with Crippen molar-refractivity contribution in [2.45, 2.75) is 57.1 Å². The summed E-state index contributed by atoms with van der Waals surface area (Å²) in [6, 6.07) is 9.87. The van der Waals surface area contributed by atoms with Crippen LogP contribution in [0.1, 0.15) is 62.2 Å². The van der Waals surface area contributed by atoms with E-state index in [-0.39, 0.29) is 5.25 Å². The molecule has 20 heavy (non-hydrogen) atoms.